The molecule has 0 fully saturated rings. The highest BCUT2D eigenvalue weighted by atomic mass is 127. The van der Waals surface area contributed by atoms with Crippen LogP contribution in [0.15, 0.2) is 18.2 Å². The molecule has 100 valence electrons. The number of hydrogen-bond acceptors (Lipinski definition) is 1. The van der Waals surface area contributed by atoms with Crippen molar-refractivity contribution in [3.05, 3.63) is 32.9 Å². The van der Waals surface area contributed by atoms with Crippen LogP contribution >= 0.6 is 34.2 Å². The zero-order valence-electron chi connectivity index (χ0n) is 11.0. The van der Waals surface area contributed by atoms with Gasteiger partial charge in [0.2, 0.25) is 0 Å². The maximum atomic E-state index is 12.2. The number of amides is 1. The lowest BCUT2D eigenvalue weighted by atomic mass is 10.0. The van der Waals surface area contributed by atoms with E-state index < -0.39 is 0 Å². The van der Waals surface area contributed by atoms with Crippen LogP contribution in [0.25, 0.3) is 0 Å². The van der Waals surface area contributed by atoms with Crippen LogP contribution in [0.2, 0.25) is 0 Å². The van der Waals surface area contributed by atoms with E-state index in [1.165, 1.54) is 0 Å². The van der Waals surface area contributed by atoms with Gasteiger partial charge < -0.3 is 5.32 Å². The van der Waals surface area contributed by atoms with Crippen molar-refractivity contribution in [1.82, 2.24) is 5.32 Å². The Kier molecular flexibility index (Phi) is 6.43. The zero-order valence-corrected chi connectivity index (χ0v) is 13.9. The van der Waals surface area contributed by atoms with Crippen molar-refractivity contribution in [1.29, 1.82) is 0 Å². The van der Waals surface area contributed by atoms with E-state index in [2.05, 4.69) is 41.8 Å². The van der Waals surface area contributed by atoms with Crippen LogP contribution in [-0.4, -0.2) is 17.8 Å². The first-order chi connectivity index (χ1) is 8.45. The van der Waals surface area contributed by atoms with E-state index >= 15 is 0 Å². The molecule has 1 amide bonds. The number of aryl methyl sites for hydroxylation is 1. The van der Waals surface area contributed by atoms with Gasteiger partial charge in [-0.05, 0) is 53.5 Å². The fourth-order valence-electron chi connectivity index (χ4n) is 1.82. The molecule has 18 heavy (non-hydrogen) atoms. The first-order valence-corrected chi connectivity index (χ1v) is 7.69. The quantitative estimate of drug-likeness (QED) is 0.608. The molecule has 0 aliphatic rings. The lowest BCUT2D eigenvalue weighted by Gasteiger charge is -2.18. The number of rotatable bonds is 5. The Hall–Kier alpha value is -0.290. The van der Waals surface area contributed by atoms with Crippen molar-refractivity contribution in [3.63, 3.8) is 0 Å². The van der Waals surface area contributed by atoms with Crippen molar-refractivity contribution in [2.45, 2.75) is 33.2 Å². The topological polar surface area (TPSA) is 29.1 Å². The SMILES string of the molecule is Cc1cccc(C(=O)NC(CCl)CC(C)C)c1I. The number of carbonyl (C=O) groups excluding carboxylic acids is 1. The van der Waals surface area contributed by atoms with Crippen LogP contribution in [-0.2, 0) is 0 Å². The Morgan fingerprint density at radius 2 is 2.11 bits per heavy atom. The Bertz CT molecular complexity index is 420. The molecule has 0 saturated carbocycles. The predicted molar refractivity (Wildman–Crippen MR) is 85.3 cm³/mol. The molecule has 1 rings (SSSR count). The molecule has 1 aromatic carbocycles. The molecule has 1 unspecified atom stereocenters. The third-order valence-corrected chi connectivity index (χ3v) is 4.52. The highest BCUT2D eigenvalue weighted by Gasteiger charge is 2.16. The van der Waals surface area contributed by atoms with E-state index in [9.17, 15) is 4.79 Å². The first-order valence-electron chi connectivity index (χ1n) is 6.07. The van der Waals surface area contributed by atoms with Crippen LogP contribution in [0.1, 0.15) is 36.2 Å². The van der Waals surface area contributed by atoms with Gasteiger partial charge in [-0.2, -0.15) is 0 Å². The molecule has 0 spiro atoms. The lowest BCUT2D eigenvalue weighted by molar-refractivity contribution is 0.0935. The van der Waals surface area contributed by atoms with E-state index in [4.69, 9.17) is 11.6 Å². The highest BCUT2D eigenvalue weighted by Crippen LogP contribution is 2.17. The molecule has 2 nitrogen and oxygen atoms in total. The average molecular weight is 380 g/mol. The van der Waals surface area contributed by atoms with Gasteiger partial charge >= 0.3 is 0 Å². The Balaban J connectivity index is 2.78. The minimum absolute atomic E-state index is 0.0330. The Labute approximate surface area is 128 Å². The van der Waals surface area contributed by atoms with Gasteiger partial charge in [0.1, 0.15) is 0 Å². The molecule has 0 aromatic heterocycles. The van der Waals surface area contributed by atoms with E-state index in [1.54, 1.807) is 0 Å². The van der Waals surface area contributed by atoms with Gasteiger partial charge in [0.05, 0.1) is 5.56 Å². The van der Waals surface area contributed by atoms with Crippen LogP contribution < -0.4 is 5.32 Å². The summed E-state index contributed by atoms with van der Waals surface area (Å²) in [6.45, 7) is 6.26. The minimum Gasteiger partial charge on any atom is -0.348 e. The van der Waals surface area contributed by atoms with Crippen LogP contribution in [0.5, 0.6) is 0 Å². The number of carbonyl (C=O) groups is 1. The predicted octanol–water partition coefficient (Wildman–Crippen LogP) is 3.98. The summed E-state index contributed by atoms with van der Waals surface area (Å²) < 4.78 is 1.01. The molecule has 0 radical (unpaired) electrons. The third kappa shape index (κ3) is 4.43. The fourth-order valence-corrected chi connectivity index (χ4v) is 2.62. The van der Waals surface area contributed by atoms with Gasteiger partial charge in [0.25, 0.3) is 5.91 Å². The molecule has 0 aliphatic carbocycles. The van der Waals surface area contributed by atoms with Crippen LogP contribution in [0, 0.1) is 16.4 Å². The van der Waals surface area contributed by atoms with E-state index in [0.717, 1.165) is 21.1 Å². The summed E-state index contributed by atoms with van der Waals surface area (Å²) in [6.07, 6.45) is 0.900. The molecule has 4 heteroatoms. The summed E-state index contributed by atoms with van der Waals surface area (Å²) in [5, 5.41) is 3.01. The lowest BCUT2D eigenvalue weighted by Crippen LogP contribution is -2.37. The molecular formula is C14H19ClINO. The largest absolute Gasteiger partial charge is 0.348 e. The normalized spacial score (nSPS) is 12.6. The summed E-state index contributed by atoms with van der Waals surface area (Å²) in [5.41, 5.74) is 1.85. The zero-order chi connectivity index (χ0) is 13.7. The molecule has 1 N–H and O–H groups in total. The summed E-state index contributed by atoms with van der Waals surface area (Å²) >= 11 is 8.11. The molecule has 0 heterocycles. The molecule has 1 aromatic rings. The van der Waals surface area contributed by atoms with Gasteiger partial charge in [-0.15, -0.1) is 11.6 Å². The van der Waals surface area contributed by atoms with Crippen molar-refractivity contribution < 1.29 is 4.79 Å². The third-order valence-electron chi connectivity index (χ3n) is 2.71. The summed E-state index contributed by atoms with van der Waals surface area (Å²) in [7, 11) is 0. The summed E-state index contributed by atoms with van der Waals surface area (Å²) in [4.78, 5) is 12.2. The molecule has 0 saturated heterocycles. The van der Waals surface area contributed by atoms with E-state index in [1.807, 2.05) is 25.1 Å². The maximum absolute atomic E-state index is 12.2. The maximum Gasteiger partial charge on any atom is 0.252 e. The van der Waals surface area contributed by atoms with Crippen molar-refractivity contribution in [2.24, 2.45) is 5.92 Å². The van der Waals surface area contributed by atoms with Gasteiger partial charge in [0.15, 0.2) is 0 Å². The smallest absolute Gasteiger partial charge is 0.252 e. The monoisotopic (exact) mass is 379 g/mol. The van der Waals surface area contributed by atoms with Gasteiger partial charge in [-0.1, -0.05) is 26.0 Å². The molecule has 0 aliphatic heterocycles. The molecular weight excluding hydrogens is 361 g/mol. The first kappa shape index (κ1) is 15.8. The van der Waals surface area contributed by atoms with E-state index in [-0.39, 0.29) is 11.9 Å². The second-order valence-electron chi connectivity index (χ2n) is 4.89. The second kappa shape index (κ2) is 7.34. The van der Waals surface area contributed by atoms with Gasteiger partial charge in [-0.25, -0.2) is 0 Å². The average Bonchev–Trinajstić information content (AvgIpc) is 2.31. The standard InChI is InChI=1S/C14H19ClINO/c1-9(2)7-11(8-15)17-14(18)12-6-4-5-10(3)13(12)16/h4-6,9,11H,7-8H2,1-3H3,(H,17,18). The number of hydrogen-bond donors (Lipinski definition) is 1. The fraction of sp³-hybridized carbons (Fsp3) is 0.500. The van der Waals surface area contributed by atoms with Gasteiger partial charge in [0, 0.05) is 15.5 Å². The number of alkyl halides is 1. The number of halogens is 2. The Morgan fingerprint density at radius 3 is 2.67 bits per heavy atom. The van der Waals surface area contributed by atoms with Crippen LogP contribution in [0.4, 0.5) is 0 Å². The summed E-state index contributed by atoms with van der Waals surface area (Å²) in [5.74, 6) is 0.937. The van der Waals surface area contributed by atoms with Crippen molar-refractivity contribution in [2.75, 3.05) is 5.88 Å². The Morgan fingerprint density at radius 1 is 1.44 bits per heavy atom. The van der Waals surface area contributed by atoms with Crippen molar-refractivity contribution >= 4 is 40.1 Å². The number of nitrogens with one attached hydrogen (secondary N) is 1. The molecule has 0 bridgehead atoms. The second-order valence-corrected chi connectivity index (χ2v) is 6.28. The molecule has 1 atom stereocenters. The summed E-state index contributed by atoms with van der Waals surface area (Å²) in [6, 6.07) is 5.80. The minimum atomic E-state index is -0.0330. The van der Waals surface area contributed by atoms with Gasteiger partial charge in [-0.3, -0.25) is 4.79 Å². The van der Waals surface area contributed by atoms with Crippen molar-refractivity contribution in [3.8, 4) is 0 Å². The van der Waals surface area contributed by atoms with E-state index in [0.29, 0.717) is 11.8 Å². The number of benzene rings is 1. The van der Waals surface area contributed by atoms with Crippen LogP contribution in [0.3, 0.4) is 0 Å². The highest BCUT2D eigenvalue weighted by molar-refractivity contribution is 14.1.